The normalized spacial score (nSPS) is 17.6. The average molecular weight is 430 g/mol. The maximum Gasteiger partial charge on any atom is 0.251 e. The first-order valence-corrected chi connectivity index (χ1v) is 12.1. The number of rotatable bonds is 9. The first-order valence-electron chi connectivity index (χ1n) is 10.6. The first kappa shape index (κ1) is 22.5. The fraction of sp³-hybridized carbons (Fsp3) is 0.435. The highest BCUT2D eigenvalue weighted by Gasteiger charge is 2.18. The van der Waals surface area contributed by atoms with Crippen molar-refractivity contribution in [2.24, 2.45) is 0 Å². The second kappa shape index (κ2) is 10.7. The van der Waals surface area contributed by atoms with E-state index in [-0.39, 0.29) is 17.3 Å². The minimum Gasteiger partial charge on any atom is -0.352 e. The van der Waals surface area contributed by atoms with Crippen LogP contribution >= 0.6 is 0 Å². The van der Waals surface area contributed by atoms with Crippen molar-refractivity contribution in [3.05, 3.63) is 65.7 Å². The summed E-state index contributed by atoms with van der Waals surface area (Å²) in [6.07, 6.45) is 4.67. The van der Waals surface area contributed by atoms with Gasteiger partial charge in [0.2, 0.25) is 10.0 Å². The van der Waals surface area contributed by atoms with Gasteiger partial charge in [-0.1, -0.05) is 42.8 Å². The van der Waals surface area contributed by atoms with Crippen LogP contribution in [0.25, 0.3) is 0 Å². The molecule has 0 radical (unpaired) electrons. The van der Waals surface area contributed by atoms with Gasteiger partial charge in [-0.3, -0.25) is 4.79 Å². The average Bonchev–Trinajstić information content (AvgIpc) is 2.77. The Morgan fingerprint density at radius 1 is 1.10 bits per heavy atom. The zero-order valence-corrected chi connectivity index (χ0v) is 18.3. The lowest BCUT2D eigenvalue weighted by molar-refractivity contribution is 0.0948. The van der Waals surface area contributed by atoms with Crippen LogP contribution in [0.2, 0.25) is 0 Å². The lowest BCUT2D eigenvalue weighted by Crippen LogP contribution is -2.39. The lowest BCUT2D eigenvalue weighted by atomic mass is 10.0. The Morgan fingerprint density at radius 3 is 2.67 bits per heavy atom. The summed E-state index contributed by atoms with van der Waals surface area (Å²) < 4.78 is 27.8. The number of carbonyl (C=O) groups is 1. The molecule has 0 bridgehead atoms. The number of amides is 1. The molecule has 2 aromatic carbocycles. The standard InChI is InChI=1S/C23H31N3O3S/c1-19-9-5-6-15-26(19)16-8-14-24-23(27)21-12-7-13-22(17-21)30(28,29)25-18-20-10-3-2-4-11-20/h2-4,7,10-13,17,19,25H,5-6,8-9,14-16,18H2,1H3,(H,24,27)/t19-/m1/s1. The maximum atomic E-state index is 12.6. The van der Waals surface area contributed by atoms with Crippen LogP contribution in [0, 0.1) is 0 Å². The molecule has 1 aliphatic rings. The van der Waals surface area contributed by atoms with Gasteiger partial charge >= 0.3 is 0 Å². The zero-order chi connectivity index (χ0) is 21.4. The monoisotopic (exact) mass is 429 g/mol. The van der Waals surface area contributed by atoms with Gasteiger partial charge in [-0.05, 0) is 56.5 Å². The predicted octanol–water partition coefficient (Wildman–Crippen LogP) is 3.16. The van der Waals surface area contributed by atoms with E-state index in [0.29, 0.717) is 18.2 Å². The molecule has 0 aliphatic carbocycles. The van der Waals surface area contributed by atoms with Crippen LogP contribution in [-0.4, -0.2) is 44.9 Å². The molecule has 1 fully saturated rings. The summed E-state index contributed by atoms with van der Waals surface area (Å²) in [5, 5.41) is 2.91. The van der Waals surface area contributed by atoms with Crippen molar-refractivity contribution in [2.75, 3.05) is 19.6 Å². The molecule has 0 spiro atoms. The second-order valence-corrected chi connectivity index (χ2v) is 9.60. The molecule has 3 rings (SSSR count). The number of hydrogen-bond donors (Lipinski definition) is 2. The molecule has 6 nitrogen and oxygen atoms in total. The molecule has 0 saturated carbocycles. The van der Waals surface area contributed by atoms with Crippen molar-refractivity contribution in [1.82, 2.24) is 14.9 Å². The summed E-state index contributed by atoms with van der Waals surface area (Å²) in [4.78, 5) is 15.0. The zero-order valence-electron chi connectivity index (χ0n) is 17.5. The van der Waals surface area contributed by atoms with Crippen molar-refractivity contribution in [2.45, 2.75) is 50.1 Å². The van der Waals surface area contributed by atoms with Gasteiger partial charge in [-0.25, -0.2) is 13.1 Å². The largest absolute Gasteiger partial charge is 0.352 e. The molecule has 1 aliphatic heterocycles. The second-order valence-electron chi connectivity index (χ2n) is 7.83. The Labute approximate surface area is 179 Å². The van der Waals surface area contributed by atoms with Crippen LogP contribution in [0.1, 0.15) is 48.5 Å². The van der Waals surface area contributed by atoms with E-state index in [0.717, 1.165) is 25.1 Å². The van der Waals surface area contributed by atoms with E-state index in [9.17, 15) is 13.2 Å². The summed E-state index contributed by atoms with van der Waals surface area (Å²) in [5.74, 6) is -0.248. The molecule has 30 heavy (non-hydrogen) atoms. The van der Waals surface area contributed by atoms with Crippen molar-refractivity contribution < 1.29 is 13.2 Å². The Morgan fingerprint density at radius 2 is 1.90 bits per heavy atom. The molecule has 1 heterocycles. The topological polar surface area (TPSA) is 78.5 Å². The minimum absolute atomic E-state index is 0.0909. The molecule has 162 valence electrons. The number of sulfonamides is 1. The van der Waals surface area contributed by atoms with Gasteiger partial charge in [0, 0.05) is 31.2 Å². The van der Waals surface area contributed by atoms with Crippen LogP contribution in [0.5, 0.6) is 0 Å². The molecule has 1 saturated heterocycles. The fourth-order valence-corrected chi connectivity index (χ4v) is 4.80. The van der Waals surface area contributed by atoms with Crippen molar-refractivity contribution >= 4 is 15.9 Å². The molecular weight excluding hydrogens is 398 g/mol. The number of piperidine rings is 1. The van der Waals surface area contributed by atoms with E-state index in [1.165, 1.54) is 31.4 Å². The van der Waals surface area contributed by atoms with Crippen LogP contribution in [0.4, 0.5) is 0 Å². The van der Waals surface area contributed by atoms with Gasteiger partial charge in [0.1, 0.15) is 0 Å². The number of benzene rings is 2. The van der Waals surface area contributed by atoms with E-state index >= 15 is 0 Å². The van der Waals surface area contributed by atoms with Gasteiger partial charge < -0.3 is 10.2 Å². The molecule has 0 aromatic heterocycles. The van der Waals surface area contributed by atoms with Gasteiger partial charge in [-0.2, -0.15) is 0 Å². The smallest absolute Gasteiger partial charge is 0.251 e. The Hall–Kier alpha value is -2.22. The Kier molecular flexibility index (Phi) is 8.01. The number of likely N-dealkylation sites (tertiary alicyclic amines) is 1. The number of carbonyl (C=O) groups excluding carboxylic acids is 1. The third kappa shape index (κ3) is 6.39. The molecule has 2 N–H and O–H groups in total. The summed E-state index contributed by atoms with van der Waals surface area (Å²) in [6.45, 7) is 5.14. The van der Waals surface area contributed by atoms with Gasteiger partial charge in [0.25, 0.3) is 5.91 Å². The molecule has 0 unspecified atom stereocenters. The van der Waals surface area contributed by atoms with Crippen LogP contribution < -0.4 is 10.0 Å². The lowest BCUT2D eigenvalue weighted by Gasteiger charge is -2.33. The van der Waals surface area contributed by atoms with E-state index < -0.39 is 10.0 Å². The van der Waals surface area contributed by atoms with E-state index in [1.807, 2.05) is 30.3 Å². The van der Waals surface area contributed by atoms with Crippen LogP contribution in [0.3, 0.4) is 0 Å². The highest BCUT2D eigenvalue weighted by atomic mass is 32.2. The van der Waals surface area contributed by atoms with E-state index in [4.69, 9.17) is 0 Å². The van der Waals surface area contributed by atoms with Crippen LogP contribution in [-0.2, 0) is 16.6 Å². The Balaban J connectivity index is 1.51. The van der Waals surface area contributed by atoms with Gasteiger partial charge in [-0.15, -0.1) is 0 Å². The van der Waals surface area contributed by atoms with Crippen LogP contribution in [0.15, 0.2) is 59.5 Å². The molecule has 2 aromatic rings. The third-order valence-corrected chi connectivity index (χ3v) is 6.96. The van der Waals surface area contributed by atoms with E-state index in [1.54, 1.807) is 12.1 Å². The minimum atomic E-state index is -3.70. The van der Waals surface area contributed by atoms with E-state index in [2.05, 4.69) is 21.9 Å². The third-order valence-electron chi connectivity index (χ3n) is 5.56. The highest BCUT2D eigenvalue weighted by Crippen LogP contribution is 2.16. The number of nitrogens with zero attached hydrogens (tertiary/aromatic N) is 1. The molecule has 7 heteroatoms. The van der Waals surface area contributed by atoms with Gasteiger partial charge in [0.05, 0.1) is 4.90 Å². The Bertz CT molecular complexity index is 932. The highest BCUT2D eigenvalue weighted by molar-refractivity contribution is 7.89. The fourth-order valence-electron chi connectivity index (χ4n) is 3.74. The number of nitrogens with one attached hydrogen (secondary N) is 2. The maximum absolute atomic E-state index is 12.6. The molecule has 1 amide bonds. The first-order chi connectivity index (χ1) is 14.5. The summed E-state index contributed by atoms with van der Waals surface area (Å²) >= 11 is 0. The summed E-state index contributed by atoms with van der Waals surface area (Å²) in [5.41, 5.74) is 1.22. The van der Waals surface area contributed by atoms with Crippen molar-refractivity contribution in [3.63, 3.8) is 0 Å². The van der Waals surface area contributed by atoms with Gasteiger partial charge in [0.15, 0.2) is 0 Å². The van der Waals surface area contributed by atoms with Crippen molar-refractivity contribution in [3.8, 4) is 0 Å². The summed E-state index contributed by atoms with van der Waals surface area (Å²) in [7, 11) is -3.70. The molecule has 1 atom stereocenters. The molecular formula is C23H31N3O3S. The summed E-state index contributed by atoms with van der Waals surface area (Å²) in [6, 6.07) is 16.1. The SMILES string of the molecule is C[C@@H]1CCCCN1CCCNC(=O)c1cccc(S(=O)(=O)NCc2ccccc2)c1. The quantitative estimate of drug-likeness (QED) is 0.600. The van der Waals surface area contributed by atoms with Crippen molar-refractivity contribution in [1.29, 1.82) is 0 Å². The number of hydrogen-bond acceptors (Lipinski definition) is 4. The predicted molar refractivity (Wildman–Crippen MR) is 119 cm³/mol.